The number of aliphatic carboxylic acids is 1. The van der Waals surface area contributed by atoms with Gasteiger partial charge < -0.3 is 14.4 Å². The van der Waals surface area contributed by atoms with Crippen LogP contribution in [0.4, 0.5) is 0 Å². The molecule has 0 saturated heterocycles. The lowest BCUT2D eigenvalue weighted by Crippen LogP contribution is -2.67. The molecule has 0 atom stereocenters. The molecule has 4 aromatic carbocycles. The van der Waals surface area contributed by atoms with E-state index < -0.39 is 19.8 Å². The van der Waals surface area contributed by atoms with Crippen molar-refractivity contribution in [2.75, 3.05) is 13.2 Å². The molecule has 224 valence electrons. The molecule has 0 aliphatic carbocycles. The number of amides is 1. The van der Waals surface area contributed by atoms with Gasteiger partial charge in [0.25, 0.3) is 14.2 Å². The Morgan fingerprint density at radius 3 is 1.72 bits per heavy atom. The number of carbonyl (C=O) groups is 2. The van der Waals surface area contributed by atoms with Gasteiger partial charge in [-0.3, -0.25) is 9.59 Å². The van der Waals surface area contributed by atoms with Gasteiger partial charge in [0.15, 0.2) is 0 Å². The minimum Gasteiger partial charge on any atom is -0.481 e. The van der Waals surface area contributed by atoms with Crippen molar-refractivity contribution >= 4 is 30.6 Å². The molecule has 0 saturated carbocycles. The number of hydrogen-bond donors (Lipinski definition) is 1. The van der Waals surface area contributed by atoms with E-state index in [9.17, 15) is 14.7 Å². The Morgan fingerprint density at radius 2 is 1.21 bits per heavy atom. The molecule has 0 spiro atoms. The summed E-state index contributed by atoms with van der Waals surface area (Å²) in [6, 6.07) is 38.4. The van der Waals surface area contributed by atoms with Crippen LogP contribution in [0.3, 0.4) is 0 Å². The molecule has 43 heavy (non-hydrogen) atoms. The van der Waals surface area contributed by atoms with Gasteiger partial charge in [-0.1, -0.05) is 130 Å². The first-order valence-electron chi connectivity index (χ1n) is 14.9. The first kappa shape index (κ1) is 31.9. The van der Waals surface area contributed by atoms with Gasteiger partial charge in [0.05, 0.1) is 12.1 Å². The largest absolute Gasteiger partial charge is 0.481 e. The second-order valence-electron chi connectivity index (χ2n) is 12.4. The van der Waals surface area contributed by atoms with E-state index in [0.717, 1.165) is 11.1 Å². The first-order chi connectivity index (χ1) is 20.5. The van der Waals surface area contributed by atoms with Gasteiger partial charge >= 0.3 is 5.97 Å². The lowest BCUT2D eigenvalue weighted by atomic mass is 9.90. The number of carbonyl (C=O) groups excluding carboxylic acids is 1. The Bertz CT molecular complexity index is 1460. The monoisotopic (exact) mass is 593 g/mol. The standard InChI is InChI=1S/C37H43NO4Si/c1-36(2,3)43(31-20-11-7-12-21-31,32-22-13-8-14-23-32)42-28-27-38(37(4,5)30-18-9-6-10-19-30)35(41)33-24-16-15-17-29(33)25-26-34(39)40/h6-24H,25-28H2,1-5H3,(H,39,40). The Balaban J connectivity index is 1.75. The molecule has 4 aromatic rings. The third kappa shape index (κ3) is 6.98. The van der Waals surface area contributed by atoms with Crippen molar-refractivity contribution in [1.82, 2.24) is 4.90 Å². The zero-order valence-corrected chi connectivity index (χ0v) is 26.9. The summed E-state index contributed by atoms with van der Waals surface area (Å²) in [5.74, 6) is -1.02. The van der Waals surface area contributed by atoms with E-state index >= 15 is 0 Å². The summed E-state index contributed by atoms with van der Waals surface area (Å²) in [6.45, 7) is 11.6. The predicted octanol–water partition coefficient (Wildman–Crippen LogP) is 6.66. The fourth-order valence-electron chi connectivity index (χ4n) is 6.02. The highest BCUT2D eigenvalue weighted by Gasteiger charge is 2.50. The van der Waals surface area contributed by atoms with Crippen molar-refractivity contribution in [2.45, 2.75) is 58.0 Å². The third-order valence-corrected chi connectivity index (χ3v) is 13.3. The number of benzene rings is 4. The number of rotatable bonds is 12. The lowest BCUT2D eigenvalue weighted by Gasteiger charge is -2.44. The van der Waals surface area contributed by atoms with Gasteiger partial charge in [-0.15, -0.1) is 0 Å². The molecular formula is C37H43NO4Si. The Kier molecular flexibility index (Phi) is 10.0. The van der Waals surface area contributed by atoms with Crippen LogP contribution in [-0.4, -0.2) is 43.4 Å². The van der Waals surface area contributed by atoms with Crippen molar-refractivity contribution < 1.29 is 19.1 Å². The van der Waals surface area contributed by atoms with E-state index in [2.05, 4.69) is 83.1 Å². The minimum atomic E-state index is -2.81. The maximum atomic E-state index is 14.5. The zero-order chi connectivity index (χ0) is 31.1. The Labute approximate surface area is 257 Å². The fraction of sp³-hybridized carbons (Fsp3) is 0.297. The number of carboxylic acids is 1. The van der Waals surface area contributed by atoms with Crippen LogP contribution in [0.15, 0.2) is 115 Å². The van der Waals surface area contributed by atoms with E-state index in [-0.39, 0.29) is 23.8 Å². The summed E-state index contributed by atoms with van der Waals surface area (Å²) < 4.78 is 7.19. The van der Waals surface area contributed by atoms with Crippen LogP contribution < -0.4 is 10.4 Å². The number of hydrogen-bond acceptors (Lipinski definition) is 3. The van der Waals surface area contributed by atoms with Crippen LogP contribution in [0.5, 0.6) is 0 Å². The van der Waals surface area contributed by atoms with Gasteiger partial charge in [0.2, 0.25) is 0 Å². The summed E-state index contributed by atoms with van der Waals surface area (Å²) >= 11 is 0. The molecule has 0 radical (unpaired) electrons. The Hall–Kier alpha value is -4.00. The molecular weight excluding hydrogens is 550 g/mol. The van der Waals surface area contributed by atoms with Crippen molar-refractivity contribution in [3.8, 4) is 0 Å². The molecule has 0 heterocycles. The average molecular weight is 594 g/mol. The van der Waals surface area contributed by atoms with Gasteiger partial charge in [-0.05, 0) is 52.9 Å². The highest BCUT2D eigenvalue weighted by molar-refractivity contribution is 6.99. The zero-order valence-electron chi connectivity index (χ0n) is 25.9. The quantitative estimate of drug-likeness (QED) is 0.187. The number of carboxylic acid groups (broad SMARTS) is 1. The third-order valence-electron chi connectivity index (χ3n) is 8.31. The summed E-state index contributed by atoms with van der Waals surface area (Å²) in [6.07, 6.45) is 0.249. The van der Waals surface area contributed by atoms with E-state index in [1.54, 1.807) is 6.07 Å². The van der Waals surface area contributed by atoms with Crippen LogP contribution in [0.25, 0.3) is 0 Å². The molecule has 0 aromatic heterocycles. The summed E-state index contributed by atoms with van der Waals surface area (Å²) in [7, 11) is -2.81. The van der Waals surface area contributed by atoms with E-state index in [1.165, 1.54) is 10.4 Å². The molecule has 5 nitrogen and oxygen atoms in total. The predicted molar refractivity (Wildman–Crippen MR) is 176 cm³/mol. The first-order valence-corrected chi connectivity index (χ1v) is 16.8. The van der Waals surface area contributed by atoms with Crippen molar-refractivity contribution in [3.05, 3.63) is 132 Å². The van der Waals surface area contributed by atoms with E-state index in [1.807, 2.05) is 65.6 Å². The molecule has 0 bridgehead atoms. The van der Waals surface area contributed by atoms with E-state index in [0.29, 0.717) is 18.7 Å². The van der Waals surface area contributed by atoms with Crippen LogP contribution in [0, 0.1) is 0 Å². The van der Waals surface area contributed by atoms with Crippen LogP contribution in [0.1, 0.15) is 62.5 Å². The molecule has 0 unspecified atom stereocenters. The molecule has 0 fully saturated rings. The Morgan fingerprint density at radius 1 is 0.721 bits per heavy atom. The summed E-state index contributed by atoms with van der Waals surface area (Å²) in [5.41, 5.74) is 1.61. The van der Waals surface area contributed by atoms with Gasteiger partial charge in [0.1, 0.15) is 0 Å². The molecule has 4 rings (SSSR count). The highest BCUT2D eigenvalue weighted by atomic mass is 28.4. The lowest BCUT2D eigenvalue weighted by molar-refractivity contribution is -0.136. The van der Waals surface area contributed by atoms with Gasteiger partial charge in [-0.2, -0.15) is 0 Å². The van der Waals surface area contributed by atoms with Crippen LogP contribution in [0.2, 0.25) is 5.04 Å². The second-order valence-corrected chi connectivity index (χ2v) is 16.8. The maximum absolute atomic E-state index is 14.5. The average Bonchev–Trinajstić information content (AvgIpc) is 3.00. The van der Waals surface area contributed by atoms with Crippen LogP contribution in [-0.2, 0) is 21.2 Å². The number of aryl methyl sites for hydroxylation is 1. The molecule has 1 N–H and O–H groups in total. The highest BCUT2D eigenvalue weighted by Crippen LogP contribution is 2.37. The van der Waals surface area contributed by atoms with Gasteiger partial charge in [-0.25, -0.2) is 0 Å². The normalized spacial score (nSPS) is 12.1. The number of nitrogens with zero attached hydrogens (tertiary/aromatic N) is 1. The van der Waals surface area contributed by atoms with Crippen molar-refractivity contribution in [2.24, 2.45) is 0 Å². The topological polar surface area (TPSA) is 66.8 Å². The summed E-state index contributed by atoms with van der Waals surface area (Å²) in [4.78, 5) is 27.7. The molecule has 1 amide bonds. The fourth-order valence-corrected chi connectivity index (χ4v) is 10.6. The molecule has 0 aliphatic heterocycles. The SMILES string of the molecule is CC(C)(c1ccccc1)N(CCO[Si](c1ccccc1)(c1ccccc1)C(C)(C)C)C(=O)c1ccccc1CCC(=O)O. The molecule has 6 heteroatoms. The van der Waals surface area contributed by atoms with Gasteiger partial charge in [0, 0.05) is 18.5 Å². The maximum Gasteiger partial charge on any atom is 0.303 e. The van der Waals surface area contributed by atoms with Crippen molar-refractivity contribution in [1.29, 1.82) is 0 Å². The van der Waals surface area contributed by atoms with Crippen molar-refractivity contribution in [3.63, 3.8) is 0 Å². The van der Waals surface area contributed by atoms with Crippen LogP contribution >= 0.6 is 0 Å². The minimum absolute atomic E-state index is 0.0384. The van der Waals surface area contributed by atoms with E-state index in [4.69, 9.17) is 4.43 Å². The molecule has 0 aliphatic rings. The smallest absolute Gasteiger partial charge is 0.303 e. The second kappa shape index (κ2) is 13.5. The summed E-state index contributed by atoms with van der Waals surface area (Å²) in [5, 5.41) is 11.5.